The Bertz CT molecular complexity index is 880. The number of benzene rings is 2. The molecule has 0 aromatic heterocycles. The number of cyclic esters (lactones) is 1. The van der Waals surface area contributed by atoms with Crippen LogP contribution >= 0.6 is 27.5 Å². The van der Waals surface area contributed by atoms with Crippen LogP contribution in [0.5, 0.6) is 0 Å². The van der Waals surface area contributed by atoms with E-state index < -0.39 is 17.6 Å². The summed E-state index contributed by atoms with van der Waals surface area (Å²) in [5.74, 6) is -3.05. The minimum atomic E-state index is -1.10. The zero-order valence-corrected chi connectivity index (χ0v) is 13.7. The number of carbonyl (C=O) groups excluding carboxylic acids is 1. The number of carbonyl (C=O) groups is 1. The monoisotopic (exact) mass is 397 g/mol. The fourth-order valence-electron chi connectivity index (χ4n) is 1.97. The van der Waals surface area contributed by atoms with Crippen LogP contribution in [0.4, 0.5) is 8.78 Å². The van der Waals surface area contributed by atoms with Gasteiger partial charge in [0.25, 0.3) is 0 Å². The molecule has 3 nitrogen and oxygen atoms in total. The fraction of sp³-hybridized carbons (Fsp3) is 0. The molecule has 1 aliphatic rings. The Morgan fingerprint density at radius 2 is 1.91 bits per heavy atom. The molecule has 1 aliphatic heterocycles. The lowest BCUT2D eigenvalue weighted by molar-refractivity contribution is -0.129. The Hall–Kier alpha value is -2.05. The third kappa shape index (κ3) is 3.33. The van der Waals surface area contributed by atoms with E-state index in [4.69, 9.17) is 16.3 Å². The normalized spacial score (nSPS) is 15.7. The Morgan fingerprint density at radius 3 is 2.65 bits per heavy atom. The molecule has 2 aromatic carbocycles. The number of aliphatic imine (C=N–C) groups is 1. The summed E-state index contributed by atoms with van der Waals surface area (Å²) >= 11 is 9.18. The molecule has 0 amide bonds. The van der Waals surface area contributed by atoms with E-state index in [-0.39, 0.29) is 22.2 Å². The molecule has 0 unspecified atom stereocenters. The number of hydrogen-bond donors (Lipinski definition) is 0. The smallest absolute Gasteiger partial charge is 0.363 e. The molecular formula is C16H7BrClF2NO2. The molecule has 0 atom stereocenters. The third-order valence-corrected chi connectivity index (χ3v) is 3.82. The van der Waals surface area contributed by atoms with Crippen LogP contribution in [0.1, 0.15) is 11.1 Å². The number of hydrogen-bond acceptors (Lipinski definition) is 3. The minimum Gasteiger partial charge on any atom is -0.402 e. The fourth-order valence-corrected chi connectivity index (χ4v) is 2.61. The lowest BCUT2D eigenvalue weighted by atomic mass is 10.2. The van der Waals surface area contributed by atoms with Gasteiger partial charge in [0.15, 0.2) is 17.3 Å². The molecule has 2 aromatic rings. The van der Waals surface area contributed by atoms with E-state index in [1.807, 2.05) is 6.07 Å². The molecule has 0 bridgehead atoms. The first kappa shape index (κ1) is 15.8. The number of rotatable bonds is 2. The third-order valence-electron chi connectivity index (χ3n) is 3.01. The van der Waals surface area contributed by atoms with Gasteiger partial charge in [-0.3, -0.25) is 0 Å². The van der Waals surface area contributed by atoms with Crippen LogP contribution in [0.25, 0.3) is 6.08 Å². The first-order valence-electron chi connectivity index (χ1n) is 6.37. The average Bonchev–Trinajstić information content (AvgIpc) is 2.84. The van der Waals surface area contributed by atoms with Crippen molar-refractivity contribution in [2.45, 2.75) is 0 Å². The maximum atomic E-state index is 13.3. The molecule has 116 valence electrons. The van der Waals surface area contributed by atoms with E-state index in [9.17, 15) is 13.6 Å². The van der Waals surface area contributed by atoms with Crippen LogP contribution in [0, 0.1) is 11.6 Å². The molecule has 0 fully saturated rings. The van der Waals surface area contributed by atoms with Gasteiger partial charge < -0.3 is 4.74 Å². The van der Waals surface area contributed by atoms with Gasteiger partial charge in [-0.15, -0.1) is 0 Å². The van der Waals surface area contributed by atoms with Crippen molar-refractivity contribution in [1.82, 2.24) is 0 Å². The van der Waals surface area contributed by atoms with Crippen LogP contribution in [0.2, 0.25) is 5.02 Å². The van der Waals surface area contributed by atoms with Crippen LogP contribution in [0.3, 0.4) is 0 Å². The van der Waals surface area contributed by atoms with Crippen molar-refractivity contribution in [3.8, 4) is 0 Å². The van der Waals surface area contributed by atoms with Gasteiger partial charge in [0.1, 0.15) is 0 Å². The van der Waals surface area contributed by atoms with Crippen molar-refractivity contribution in [3.63, 3.8) is 0 Å². The van der Waals surface area contributed by atoms with E-state index in [1.54, 1.807) is 18.2 Å². The molecule has 0 spiro atoms. The van der Waals surface area contributed by atoms with Crippen molar-refractivity contribution in [3.05, 3.63) is 74.4 Å². The summed E-state index contributed by atoms with van der Waals surface area (Å²) in [6.45, 7) is 0. The second kappa shape index (κ2) is 6.22. The zero-order valence-electron chi connectivity index (χ0n) is 11.3. The van der Waals surface area contributed by atoms with Crippen molar-refractivity contribution >= 4 is 45.5 Å². The maximum absolute atomic E-state index is 13.3. The maximum Gasteiger partial charge on any atom is 0.363 e. The van der Waals surface area contributed by atoms with Gasteiger partial charge in [-0.2, -0.15) is 0 Å². The number of halogens is 4. The molecule has 0 aliphatic carbocycles. The molecular weight excluding hydrogens is 392 g/mol. The summed E-state index contributed by atoms with van der Waals surface area (Å²) in [5, 5.41) is -0.0980. The summed E-state index contributed by atoms with van der Waals surface area (Å²) in [6.07, 6.45) is 1.52. The molecule has 0 saturated heterocycles. The van der Waals surface area contributed by atoms with E-state index in [0.717, 1.165) is 22.2 Å². The van der Waals surface area contributed by atoms with E-state index in [0.29, 0.717) is 0 Å². The van der Waals surface area contributed by atoms with E-state index >= 15 is 0 Å². The lowest BCUT2D eigenvalue weighted by Gasteiger charge is -2.03. The molecule has 1 heterocycles. The van der Waals surface area contributed by atoms with Crippen molar-refractivity contribution in [2.24, 2.45) is 4.99 Å². The standard InChI is InChI=1S/C16H7BrClF2NO2/c17-9-3-1-2-8(4-9)5-14-16(22)23-15(21-14)10-6-12(19)13(20)7-11(10)18/h1-7H/b14-5-. The van der Waals surface area contributed by atoms with Crippen molar-refractivity contribution in [1.29, 1.82) is 0 Å². The van der Waals surface area contributed by atoms with Gasteiger partial charge in [-0.1, -0.05) is 39.7 Å². The highest BCUT2D eigenvalue weighted by atomic mass is 79.9. The first-order valence-corrected chi connectivity index (χ1v) is 7.54. The summed E-state index contributed by atoms with van der Waals surface area (Å²) in [6, 6.07) is 8.85. The number of esters is 1. The summed E-state index contributed by atoms with van der Waals surface area (Å²) in [4.78, 5) is 15.9. The van der Waals surface area contributed by atoms with Gasteiger partial charge >= 0.3 is 5.97 Å². The Balaban J connectivity index is 2.00. The van der Waals surface area contributed by atoms with Crippen LogP contribution in [0.15, 0.2) is 51.6 Å². The molecule has 0 N–H and O–H groups in total. The number of nitrogens with zero attached hydrogens (tertiary/aromatic N) is 1. The van der Waals surface area contributed by atoms with E-state index in [2.05, 4.69) is 20.9 Å². The predicted octanol–water partition coefficient (Wildman–Crippen LogP) is 4.73. The highest BCUT2D eigenvalue weighted by Gasteiger charge is 2.26. The molecule has 7 heteroatoms. The van der Waals surface area contributed by atoms with Crippen LogP contribution < -0.4 is 0 Å². The predicted molar refractivity (Wildman–Crippen MR) is 86.1 cm³/mol. The highest BCUT2D eigenvalue weighted by molar-refractivity contribution is 9.10. The number of ether oxygens (including phenoxy) is 1. The Morgan fingerprint density at radius 1 is 1.17 bits per heavy atom. The first-order chi connectivity index (χ1) is 10.9. The Labute approximate surface area is 143 Å². The largest absolute Gasteiger partial charge is 0.402 e. The highest BCUT2D eigenvalue weighted by Crippen LogP contribution is 2.26. The molecule has 3 rings (SSSR count). The van der Waals surface area contributed by atoms with Gasteiger partial charge in [0, 0.05) is 4.47 Å². The van der Waals surface area contributed by atoms with Crippen LogP contribution in [-0.4, -0.2) is 11.9 Å². The molecule has 23 heavy (non-hydrogen) atoms. The average molecular weight is 399 g/mol. The van der Waals surface area contributed by atoms with Crippen molar-refractivity contribution in [2.75, 3.05) is 0 Å². The van der Waals surface area contributed by atoms with E-state index in [1.165, 1.54) is 6.08 Å². The minimum absolute atomic E-state index is 0.0107. The zero-order chi connectivity index (χ0) is 16.6. The SMILES string of the molecule is O=C1OC(c2cc(F)c(F)cc2Cl)=N/C1=C\c1cccc(Br)c1. The second-order valence-corrected chi connectivity index (χ2v) is 5.96. The van der Waals surface area contributed by atoms with Crippen molar-refractivity contribution < 1.29 is 18.3 Å². The molecule has 0 saturated carbocycles. The van der Waals surface area contributed by atoms with Gasteiger partial charge in [0.2, 0.25) is 5.90 Å². The summed E-state index contributed by atoms with van der Waals surface area (Å²) in [5.41, 5.74) is 0.781. The lowest BCUT2D eigenvalue weighted by Crippen LogP contribution is -2.07. The quantitative estimate of drug-likeness (QED) is 0.417. The summed E-state index contributed by atoms with van der Waals surface area (Å²) in [7, 11) is 0. The Kier molecular flexibility index (Phi) is 4.28. The topological polar surface area (TPSA) is 38.7 Å². The van der Waals surface area contributed by atoms with Gasteiger partial charge in [-0.25, -0.2) is 18.6 Å². The van der Waals surface area contributed by atoms with Gasteiger partial charge in [-0.05, 0) is 35.9 Å². The second-order valence-electron chi connectivity index (χ2n) is 4.64. The summed E-state index contributed by atoms with van der Waals surface area (Å²) < 4.78 is 32.3. The van der Waals surface area contributed by atoms with Gasteiger partial charge in [0.05, 0.1) is 10.6 Å². The van der Waals surface area contributed by atoms with Crippen LogP contribution in [-0.2, 0) is 9.53 Å². The molecule has 0 radical (unpaired) electrons.